The van der Waals surface area contributed by atoms with E-state index in [0.717, 1.165) is 23.6 Å². The number of nitrogens with zero attached hydrogens (tertiary/aromatic N) is 2. The standard InChI is InChI=1S/C13H15N5OS/c14-11(15)9-3-1-2-8(6-9)7-20-13-17-16-12(19)18(13)10-4-5-10/h1-3,6,10H,4-5,7H2,(H3,14,15)(H,16,19). The molecule has 1 fully saturated rings. The molecule has 0 amide bonds. The van der Waals surface area contributed by atoms with Gasteiger partial charge in [-0.05, 0) is 24.5 Å². The third kappa shape index (κ3) is 2.62. The lowest BCUT2D eigenvalue weighted by molar-refractivity contribution is 0.642. The molecule has 0 radical (unpaired) electrons. The van der Waals surface area contributed by atoms with Gasteiger partial charge < -0.3 is 5.73 Å². The van der Waals surface area contributed by atoms with Crippen molar-refractivity contribution in [2.45, 2.75) is 29.8 Å². The van der Waals surface area contributed by atoms with Crippen LogP contribution < -0.4 is 11.4 Å². The Morgan fingerprint density at radius 2 is 2.35 bits per heavy atom. The predicted octanol–water partition coefficient (Wildman–Crippen LogP) is 1.48. The van der Waals surface area contributed by atoms with Crippen molar-refractivity contribution in [3.63, 3.8) is 0 Å². The third-order valence-electron chi connectivity index (χ3n) is 3.19. The molecule has 104 valence electrons. The minimum atomic E-state index is -0.132. The van der Waals surface area contributed by atoms with Crippen LogP contribution >= 0.6 is 11.8 Å². The van der Waals surface area contributed by atoms with E-state index in [1.54, 1.807) is 4.57 Å². The van der Waals surface area contributed by atoms with Crippen LogP contribution in [0.15, 0.2) is 34.2 Å². The van der Waals surface area contributed by atoms with Crippen LogP contribution in [0.2, 0.25) is 0 Å². The minimum absolute atomic E-state index is 0.0616. The van der Waals surface area contributed by atoms with Crippen molar-refractivity contribution in [1.82, 2.24) is 14.8 Å². The molecule has 1 aromatic carbocycles. The summed E-state index contributed by atoms with van der Waals surface area (Å²) >= 11 is 1.52. The molecule has 20 heavy (non-hydrogen) atoms. The molecular formula is C13H15N5OS. The van der Waals surface area contributed by atoms with Gasteiger partial charge in [-0.2, -0.15) is 0 Å². The average Bonchev–Trinajstić information content (AvgIpc) is 3.20. The van der Waals surface area contributed by atoms with Crippen LogP contribution in [0.5, 0.6) is 0 Å². The van der Waals surface area contributed by atoms with E-state index >= 15 is 0 Å². The SMILES string of the molecule is N=C(N)c1cccc(CSc2n[nH]c(=O)n2C2CC2)c1. The lowest BCUT2D eigenvalue weighted by Gasteiger charge is -2.05. The fraction of sp³-hybridized carbons (Fsp3) is 0.308. The van der Waals surface area contributed by atoms with E-state index in [2.05, 4.69) is 10.2 Å². The molecule has 0 unspecified atom stereocenters. The lowest BCUT2D eigenvalue weighted by Crippen LogP contribution is -2.16. The van der Waals surface area contributed by atoms with Crippen molar-refractivity contribution < 1.29 is 0 Å². The first kappa shape index (κ1) is 13.0. The Morgan fingerprint density at radius 1 is 1.55 bits per heavy atom. The predicted molar refractivity (Wildman–Crippen MR) is 78.1 cm³/mol. The molecule has 4 N–H and O–H groups in total. The van der Waals surface area contributed by atoms with Gasteiger partial charge in [0.2, 0.25) is 0 Å². The molecule has 1 saturated carbocycles. The van der Waals surface area contributed by atoms with Crippen molar-refractivity contribution >= 4 is 17.6 Å². The lowest BCUT2D eigenvalue weighted by atomic mass is 10.1. The van der Waals surface area contributed by atoms with Crippen molar-refractivity contribution in [3.05, 3.63) is 45.9 Å². The Hall–Kier alpha value is -2.02. The summed E-state index contributed by atoms with van der Waals surface area (Å²) in [4.78, 5) is 11.7. The highest BCUT2D eigenvalue weighted by atomic mass is 32.2. The Labute approximate surface area is 119 Å². The van der Waals surface area contributed by atoms with Gasteiger partial charge in [-0.15, -0.1) is 5.10 Å². The summed E-state index contributed by atoms with van der Waals surface area (Å²) in [5, 5.41) is 14.7. The van der Waals surface area contributed by atoms with Crippen molar-refractivity contribution in [1.29, 1.82) is 5.41 Å². The molecule has 1 aliphatic rings. The van der Waals surface area contributed by atoms with Gasteiger partial charge >= 0.3 is 5.69 Å². The number of aromatic nitrogens is 3. The number of rotatable bonds is 5. The van der Waals surface area contributed by atoms with Crippen LogP contribution in [-0.2, 0) is 5.75 Å². The molecule has 1 aromatic heterocycles. The molecule has 1 aliphatic carbocycles. The second kappa shape index (κ2) is 5.16. The number of amidine groups is 1. The van der Waals surface area contributed by atoms with Crippen molar-refractivity contribution in [2.24, 2.45) is 5.73 Å². The van der Waals surface area contributed by atoms with E-state index in [4.69, 9.17) is 11.1 Å². The first-order valence-electron chi connectivity index (χ1n) is 6.38. The number of hydrogen-bond donors (Lipinski definition) is 3. The van der Waals surface area contributed by atoms with E-state index in [1.165, 1.54) is 11.8 Å². The topological polar surface area (TPSA) is 101 Å². The van der Waals surface area contributed by atoms with Gasteiger partial charge in [-0.3, -0.25) is 9.98 Å². The Kier molecular flexibility index (Phi) is 3.35. The number of nitrogens with two attached hydrogens (primary N) is 1. The monoisotopic (exact) mass is 289 g/mol. The fourth-order valence-corrected chi connectivity index (χ4v) is 2.98. The second-order valence-electron chi connectivity index (χ2n) is 4.82. The zero-order chi connectivity index (χ0) is 14.1. The second-order valence-corrected chi connectivity index (χ2v) is 5.76. The maximum absolute atomic E-state index is 11.7. The number of thioether (sulfide) groups is 1. The third-order valence-corrected chi connectivity index (χ3v) is 4.21. The Bertz CT molecular complexity index is 701. The molecule has 3 rings (SSSR count). The molecule has 2 aromatic rings. The number of aromatic amines is 1. The first-order chi connectivity index (χ1) is 9.65. The highest BCUT2D eigenvalue weighted by Crippen LogP contribution is 2.36. The number of nitrogens with one attached hydrogen (secondary N) is 2. The zero-order valence-electron chi connectivity index (χ0n) is 10.8. The number of H-pyrrole nitrogens is 1. The molecule has 0 saturated heterocycles. The van der Waals surface area contributed by atoms with E-state index in [9.17, 15) is 4.79 Å². The minimum Gasteiger partial charge on any atom is -0.384 e. The van der Waals surface area contributed by atoms with Gasteiger partial charge in [-0.1, -0.05) is 30.0 Å². The quantitative estimate of drug-likeness (QED) is 0.441. The molecule has 1 heterocycles. The largest absolute Gasteiger partial charge is 0.384 e. The summed E-state index contributed by atoms with van der Waals surface area (Å²) in [6, 6.07) is 7.87. The molecule has 0 bridgehead atoms. The van der Waals surface area contributed by atoms with Crippen LogP contribution in [-0.4, -0.2) is 20.6 Å². The van der Waals surface area contributed by atoms with Gasteiger partial charge in [0.15, 0.2) is 5.16 Å². The highest BCUT2D eigenvalue weighted by molar-refractivity contribution is 7.98. The van der Waals surface area contributed by atoms with Crippen LogP contribution in [0.25, 0.3) is 0 Å². The van der Waals surface area contributed by atoms with Crippen LogP contribution in [0.4, 0.5) is 0 Å². The van der Waals surface area contributed by atoms with E-state index in [0.29, 0.717) is 17.4 Å². The van der Waals surface area contributed by atoms with Gasteiger partial charge in [-0.25, -0.2) is 9.89 Å². The van der Waals surface area contributed by atoms with Crippen LogP contribution in [0, 0.1) is 5.41 Å². The summed E-state index contributed by atoms with van der Waals surface area (Å²) in [6.45, 7) is 0. The Balaban J connectivity index is 1.75. The van der Waals surface area contributed by atoms with Crippen LogP contribution in [0.1, 0.15) is 30.0 Å². The molecule has 6 nitrogen and oxygen atoms in total. The normalized spacial score (nSPS) is 14.4. The molecule has 0 atom stereocenters. The molecule has 7 heteroatoms. The molecular weight excluding hydrogens is 274 g/mol. The summed E-state index contributed by atoms with van der Waals surface area (Å²) in [5.74, 6) is 0.754. The molecule has 0 spiro atoms. The van der Waals surface area contributed by atoms with Gasteiger partial charge in [0.25, 0.3) is 0 Å². The summed E-state index contributed by atoms with van der Waals surface area (Å²) < 4.78 is 1.74. The zero-order valence-corrected chi connectivity index (χ0v) is 11.6. The maximum Gasteiger partial charge on any atom is 0.344 e. The van der Waals surface area contributed by atoms with Gasteiger partial charge in [0, 0.05) is 17.4 Å². The van der Waals surface area contributed by atoms with Gasteiger partial charge in [0.05, 0.1) is 0 Å². The van der Waals surface area contributed by atoms with E-state index in [1.807, 2.05) is 24.3 Å². The average molecular weight is 289 g/mol. The first-order valence-corrected chi connectivity index (χ1v) is 7.37. The van der Waals surface area contributed by atoms with E-state index < -0.39 is 0 Å². The number of hydrogen-bond acceptors (Lipinski definition) is 4. The summed E-state index contributed by atoms with van der Waals surface area (Å²) in [6.07, 6.45) is 2.10. The molecule has 0 aliphatic heterocycles. The summed E-state index contributed by atoms with van der Waals surface area (Å²) in [5.41, 5.74) is 7.12. The maximum atomic E-state index is 11.7. The number of nitrogen functional groups attached to an aromatic ring is 1. The van der Waals surface area contributed by atoms with E-state index in [-0.39, 0.29) is 11.5 Å². The smallest absolute Gasteiger partial charge is 0.344 e. The van der Waals surface area contributed by atoms with Gasteiger partial charge in [0.1, 0.15) is 5.84 Å². The number of benzene rings is 1. The highest BCUT2D eigenvalue weighted by Gasteiger charge is 2.28. The van der Waals surface area contributed by atoms with Crippen molar-refractivity contribution in [3.8, 4) is 0 Å². The Morgan fingerprint density at radius 3 is 3.05 bits per heavy atom. The van der Waals surface area contributed by atoms with Crippen LogP contribution in [0.3, 0.4) is 0 Å². The fourth-order valence-electron chi connectivity index (χ4n) is 2.02. The summed E-state index contributed by atoms with van der Waals surface area (Å²) in [7, 11) is 0. The van der Waals surface area contributed by atoms with Crippen molar-refractivity contribution in [2.75, 3.05) is 0 Å².